The molecule has 1 unspecified atom stereocenters. The smallest absolute Gasteiger partial charge is 0.329 e. The van der Waals surface area contributed by atoms with Crippen molar-refractivity contribution in [1.29, 1.82) is 0 Å². The van der Waals surface area contributed by atoms with E-state index in [0.29, 0.717) is 19.3 Å². The van der Waals surface area contributed by atoms with Gasteiger partial charge >= 0.3 is 5.97 Å². The number of allylic oxidation sites excluding steroid dienone is 2. The molecule has 1 aliphatic heterocycles. The highest BCUT2D eigenvalue weighted by molar-refractivity contribution is 5.92. The first-order valence-electron chi connectivity index (χ1n) is 7.34. The summed E-state index contributed by atoms with van der Waals surface area (Å²) in [5.41, 5.74) is 0.295. The number of carbonyl (C=O) groups excluding carboxylic acids is 2. The van der Waals surface area contributed by atoms with Crippen LogP contribution in [0.5, 0.6) is 0 Å². The standard InChI is InChI=1S/C18H21NO3/c1-3-10-18(11-4-2)12-15(19-17(18)21)16(20)22-13-14-8-6-5-7-9-14/h3-9,15H,1-2,10-13H2,(H,19,21). The van der Waals surface area contributed by atoms with Crippen LogP contribution in [0.15, 0.2) is 55.6 Å². The first-order valence-corrected chi connectivity index (χ1v) is 7.34. The van der Waals surface area contributed by atoms with Crippen LogP contribution in [0.2, 0.25) is 0 Å². The SMILES string of the molecule is C=CCC1(CC=C)CC(C(=O)OCc2ccccc2)NC1=O. The molecule has 116 valence electrons. The van der Waals surface area contributed by atoms with Crippen molar-refractivity contribution in [2.75, 3.05) is 0 Å². The summed E-state index contributed by atoms with van der Waals surface area (Å²) >= 11 is 0. The van der Waals surface area contributed by atoms with Gasteiger partial charge in [0, 0.05) is 0 Å². The van der Waals surface area contributed by atoms with Gasteiger partial charge in [-0.3, -0.25) is 4.79 Å². The fourth-order valence-electron chi connectivity index (χ4n) is 2.81. The number of carbonyl (C=O) groups is 2. The molecule has 1 fully saturated rings. The van der Waals surface area contributed by atoms with E-state index in [1.807, 2.05) is 30.3 Å². The summed E-state index contributed by atoms with van der Waals surface area (Å²) in [6, 6.07) is 8.86. The molecular weight excluding hydrogens is 278 g/mol. The fourth-order valence-corrected chi connectivity index (χ4v) is 2.81. The maximum Gasteiger partial charge on any atom is 0.329 e. The van der Waals surface area contributed by atoms with Gasteiger partial charge in [0.25, 0.3) is 0 Å². The maximum absolute atomic E-state index is 12.3. The van der Waals surface area contributed by atoms with Gasteiger partial charge in [-0.15, -0.1) is 13.2 Å². The summed E-state index contributed by atoms with van der Waals surface area (Å²) in [6.07, 6.45) is 4.87. The van der Waals surface area contributed by atoms with Crippen LogP contribution < -0.4 is 5.32 Å². The van der Waals surface area contributed by atoms with Gasteiger partial charge in [0.05, 0.1) is 5.41 Å². The Morgan fingerprint density at radius 1 is 1.27 bits per heavy atom. The Labute approximate surface area is 130 Å². The molecule has 0 aliphatic carbocycles. The lowest BCUT2D eigenvalue weighted by atomic mass is 9.78. The fraction of sp³-hybridized carbons (Fsp3) is 0.333. The van der Waals surface area contributed by atoms with Crippen molar-refractivity contribution in [1.82, 2.24) is 5.32 Å². The minimum atomic E-state index is -0.625. The van der Waals surface area contributed by atoms with Crippen molar-refractivity contribution in [3.05, 3.63) is 61.2 Å². The third-order valence-corrected chi connectivity index (χ3v) is 3.96. The lowest BCUT2D eigenvalue weighted by Gasteiger charge is -2.22. The number of ether oxygens (including phenoxy) is 1. The molecule has 4 heteroatoms. The Balaban J connectivity index is 1.98. The van der Waals surface area contributed by atoms with E-state index in [1.165, 1.54) is 0 Å². The van der Waals surface area contributed by atoms with Crippen LogP contribution in [0.4, 0.5) is 0 Å². The second-order valence-corrected chi connectivity index (χ2v) is 5.59. The average molecular weight is 299 g/mol. The molecule has 0 radical (unpaired) electrons. The predicted molar refractivity (Wildman–Crippen MR) is 84.8 cm³/mol. The number of esters is 1. The zero-order chi connectivity index (χ0) is 16.0. The molecule has 22 heavy (non-hydrogen) atoms. The summed E-state index contributed by atoms with van der Waals surface area (Å²) < 4.78 is 5.30. The molecule has 1 N–H and O–H groups in total. The van der Waals surface area contributed by atoms with Crippen LogP contribution in [0.3, 0.4) is 0 Å². The van der Waals surface area contributed by atoms with Crippen LogP contribution in [0.25, 0.3) is 0 Å². The maximum atomic E-state index is 12.3. The van der Waals surface area contributed by atoms with Crippen LogP contribution in [-0.4, -0.2) is 17.9 Å². The summed E-state index contributed by atoms with van der Waals surface area (Å²) in [5, 5.41) is 2.74. The predicted octanol–water partition coefficient (Wildman–Crippen LogP) is 2.76. The molecule has 4 nitrogen and oxygen atoms in total. The van der Waals surface area contributed by atoms with Crippen LogP contribution in [0.1, 0.15) is 24.8 Å². The van der Waals surface area contributed by atoms with Crippen molar-refractivity contribution in [2.24, 2.45) is 5.41 Å². The van der Waals surface area contributed by atoms with E-state index in [2.05, 4.69) is 18.5 Å². The third kappa shape index (κ3) is 3.45. The van der Waals surface area contributed by atoms with Gasteiger partial charge in [0.15, 0.2) is 0 Å². The summed E-state index contributed by atoms with van der Waals surface area (Å²) in [6.45, 7) is 7.61. The highest BCUT2D eigenvalue weighted by Gasteiger charge is 2.47. The lowest BCUT2D eigenvalue weighted by molar-refractivity contribution is -0.147. The molecule has 1 saturated heterocycles. The van der Waals surface area contributed by atoms with E-state index >= 15 is 0 Å². The number of amides is 1. The number of hydrogen-bond acceptors (Lipinski definition) is 3. The number of hydrogen-bond donors (Lipinski definition) is 1. The van der Waals surface area contributed by atoms with Crippen LogP contribution in [0, 0.1) is 5.41 Å². The molecular formula is C18H21NO3. The molecule has 1 aliphatic rings. The Hall–Kier alpha value is -2.36. The van der Waals surface area contributed by atoms with Crippen molar-refractivity contribution in [3.63, 3.8) is 0 Å². The van der Waals surface area contributed by atoms with Gasteiger partial charge in [-0.25, -0.2) is 4.79 Å². The number of nitrogens with one attached hydrogen (secondary N) is 1. The number of benzene rings is 1. The molecule has 1 aromatic rings. The average Bonchev–Trinajstić information content (AvgIpc) is 2.84. The highest BCUT2D eigenvalue weighted by atomic mass is 16.5. The molecule has 0 saturated carbocycles. The Morgan fingerprint density at radius 2 is 1.91 bits per heavy atom. The second-order valence-electron chi connectivity index (χ2n) is 5.59. The molecule has 0 bridgehead atoms. The van der Waals surface area contributed by atoms with Crippen LogP contribution >= 0.6 is 0 Å². The Bertz CT molecular complexity index is 555. The van der Waals surface area contributed by atoms with Crippen molar-refractivity contribution >= 4 is 11.9 Å². The second kappa shape index (κ2) is 7.07. The van der Waals surface area contributed by atoms with Gasteiger partial charge in [-0.2, -0.15) is 0 Å². The van der Waals surface area contributed by atoms with Gasteiger partial charge in [-0.1, -0.05) is 42.5 Å². The van der Waals surface area contributed by atoms with E-state index < -0.39 is 17.4 Å². The van der Waals surface area contributed by atoms with E-state index in [1.54, 1.807) is 12.2 Å². The molecule has 2 rings (SSSR count). The summed E-state index contributed by atoms with van der Waals surface area (Å²) in [5.74, 6) is -0.527. The molecule has 0 aromatic heterocycles. The van der Waals surface area contributed by atoms with E-state index in [-0.39, 0.29) is 12.5 Å². The molecule has 1 aromatic carbocycles. The zero-order valence-electron chi connectivity index (χ0n) is 12.6. The minimum Gasteiger partial charge on any atom is -0.459 e. The normalized spacial score (nSPS) is 19.3. The Morgan fingerprint density at radius 3 is 2.50 bits per heavy atom. The van der Waals surface area contributed by atoms with Gasteiger partial charge in [0.2, 0.25) is 5.91 Å². The lowest BCUT2D eigenvalue weighted by Crippen LogP contribution is -2.35. The minimum absolute atomic E-state index is 0.131. The molecule has 1 heterocycles. The van der Waals surface area contributed by atoms with Crippen molar-refractivity contribution < 1.29 is 14.3 Å². The Kier molecular flexibility index (Phi) is 5.15. The zero-order valence-corrected chi connectivity index (χ0v) is 12.6. The van der Waals surface area contributed by atoms with Gasteiger partial charge in [0.1, 0.15) is 12.6 Å². The third-order valence-electron chi connectivity index (χ3n) is 3.96. The summed E-state index contributed by atoms with van der Waals surface area (Å²) in [7, 11) is 0. The summed E-state index contributed by atoms with van der Waals surface area (Å²) in [4.78, 5) is 24.4. The quantitative estimate of drug-likeness (QED) is 0.622. The van der Waals surface area contributed by atoms with Crippen LogP contribution in [-0.2, 0) is 20.9 Å². The van der Waals surface area contributed by atoms with Crippen molar-refractivity contribution in [3.8, 4) is 0 Å². The largest absolute Gasteiger partial charge is 0.459 e. The van der Waals surface area contributed by atoms with Gasteiger partial charge in [-0.05, 0) is 24.8 Å². The van der Waals surface area contributed by atoms with Crippen molar-refractivity contribution in [2.45, 2.75) is 31.9 Å². The monoisotopic (exact) mass is 299 g/mol. The van der Waals surface area contributed by atoms with E-state index in [4.69, 9.17) is 4.74 Å². The van der Waals surface area contributed by atoms with E-state index in [0.717, 1.165) is 5.56 Å². The van der Waals surface area contributed by atoms with E-state index in [9.17, 15) is 9.59 Å². The number of rotatable bonds is 7. The first kappa shape index (κ1) is 16.0. The molecule has 0 spiro atoms. The topological polar surface area (TPSA) is 55.4 Å². The molecule has 1 atom stereocenters. The van der Waals surface area contributed by atoms with Gasteiger partial charge < -0.3 is 10.1 Å². The first-order chi connectivity index (χ1) is 10.6. The molecule has 1 amide bonds. The highest BCUT2D eigenvalue weighted by Crippen LogP contribution is 2.38.